The fourth-order valence-electron chi connectivity index (χ4n) is 1.06. The zero-order valence-electron chi connectivity index (χ0n) is 11.2. The molecule has 0 heterocycles. The average Bonchev–Trinajstić information content (AvgIpc) is 2.50. The van der Waals surface area contributed by atoms with Crippen LogP contribution in [0.5, 0.6) is 0 Å². The van der Waals surface area contributed by atoms with Gasteiger partial charge in [0, 0.05) is 0 Å². The van der Waals surface area contributed by atoms with Crippen LogP contribution in [0.15, 0.2) is 0 Å². The number of hydrogen-bond donors (Lipinski definition) is 4. The van der Waals surface area contributed by atoms with Crippen LogP contribution in [0.3, 0.4) is 0 Å². The van der Waals surface area contributed by atoms with Gasteiger partial charge in [-0.1, -0.05) is 0 Å². The summed E-state index contributed by atoms with van der Waals surface area (Å²) in [5.41, 5.74) is 0. The van der Waals surface area contributed by atoms with Gasteiger partial charge in [0.25, 0.3) is 0 Å². The molecule has 0 aromatic heterocycles. The Labute approximate surface area is 132 Å². The summed E-state index contributed by atoms with van der Waals surface area (Å²) in [6, 6.07) is 0. The van der Waals surface area contributed by atoms with E-state index in [1.165, 1.54) is 0 Å². The lowest BCUT2D eigenvalue weighted by Crippen LogP contribution is -2.61. The van der Waals surface area contributed by atoms with Gasteiger partial charge in [-0.05, 0) is 0 Å². The van der Waals surface area contributed by atoms with Gasteiger partial charge in [-0.2, -0.15) is 0 Å². The lowest BCUT2D eigenvalue weighted by molar-refractivity contribution is -0.854. The largest absolute Gasteiger partial charge is 0.613 e. The standard InChI is InChI=1S/C6H6N4O15/c11-1(5(15,7(17)18)8(19)20)3(13)25-4(14)2(12)6(16,9(21)22)10(23)24/h1-2,11-12,15-16H. The Bertz CT molecular complexity index is 560. The predicted octanol–water partition coefficient (Wildman–Crippen LogP) is -4.82. The van der Waals surface area contributed by atoms with E-state index in [0.29, 0.717) is 0 Å². The molecule has 19 heteroatoms. The molecule has 0 aliphatic carbocycles. The van der Waals surface area contributed by atoms with Crippen molar-refractivity contribution in [1.82, 2.24) is 0 Å². The smallest absolute Gasteiger partial charge is 0.388 e. The Balaban J connectivity index is 5.53. The third kappa shape index (κ3) is 3.57. The van der Waals surface area contributed by atoms with E-state index in [1.807, 2.05) is 0 Å². The monoisotopic (exact) mass is 374 g/mol. The number of ether oxygens (including phenoxy) is 1. The molecule has 0 aromatic rings. The van der Waals surface area contributed by atoms with E-state index in [9.17, 15) is 50.0 Å². The number of nitro groups is 4. The van der Waals surface area contributed by atoms with Crippen LogP contribution in [0.4, 0.5) is 0 Å². The second-order valence-electron chi connectivity index (χ2n) is 3.95. The van der Waals surface area contributed by atoms with Crippen LogP contribution in [-0.2, 0) is 14.3 Å². The molecule has 0 saturated heterocycles. The maximum absolute atomic E-state index is 11.2. The summed E-state index contributed by atoms with van der Waals surface area (Å²) in [5.74, 6) is -14.6. The van der Waals surface area contributed by atoms with Gasteiger partial charge in [0.05, 0.1) is 0 Å². The molecule has 0 fully saturated rings. The van der Waals surface area contributed by atoms with Crippen molar-refractivity contribution in [3.63, 3.8) is 0 Å². The zero-order valence-corrected chi connectivity index (χ0v) is 11.2. The van der Waals surface area contributed by atoms with E-state index < -0.39 is 55.5 Å². The third-order valence-electron chi connectivity index (χ3n) is 2.46. The fraction of sp³-hybridized carbons (Fsp3) is 0.667. The Morgan fingerprint density at radius 3 is 1.08 bits per heavy atom. The molecule has 0 bridgehead atoms. The summed E-state index contributed by atoms with van der Waals surface area (Å²) in [5, 5.41) is 77.6. The molecular formula is C6H6N4O15. The molecule has 0 aliphatic rings. The predicted molar refractivity (Wildman–Crippen MR) is 61.0 cm³/mol. The van der Waals surface area contributed by atoms with Crippen LogP contribution in [0.1, 0.15) is 0 Å². The van der Waals surface area contributed by atoms with Crippen molar-refractivity contribution in [2.24, 2.45) is 0 Å². The molecule has 19 nitrogen and oxygen atoms in total. The van der Waals surface area contributed by atoms with Gasteiger partial charge in [0.15, 0.2) is 0 Å². The van der Waals surface area contributed by atoms with E-state index in [2.05, 4.69) is 4.74 Å². The highest BCUT2D eigenvalue weighted by Crippen LogP contribution is 2.17. The minimum Gasteiger partial charge on any atom is -0.388 e. The maximum Gasteiger partial charge on any atom is 0.613 e. The Morgan fingerprint density at radius 1 is 0.720 bits per heavy atom. The number of rotatable bonds is 8. The minimum atomic E-state index is -4.62. The summed E-state index contributed by atoms with van der Waals surface area (Å²) in [4.78, 5) is 55.1. The van der Waals surface area contributed by atoms with Gasteiger partial charge < -0.3 is 14.9 Å². The normalized spacial score (nSPS) is 14.1. The lowest BCUT2D eigenvalue weighted by Gasteiger charge is -2.17. The molecule has 0 radical (unpaired) electrons. The minimum absolute atomic E-state index is 2.18. The van der Waals surface area contributed by atoms with E-state index >= 15 is 0 Å². The van der Waals surface area contributed by atoms with Crippen molar-refractivity contribution in [3.05, 3.63) is 40.5 Å². The quantitative estimate of drug-likeness (QED) is 0.102. The number of aliphatic hydroxyl groups excluding tert-OH is 2. The molecule has 0 aromatic carbocycles. The summed E-state index contributed by atoms with van der Waals surface area (Å²) < 4.78 is 3.35. The maximum atomic E-state index is 11.2. The first-order chi connectivity index (χ1) is 11.1. The number of nitrogens with zero attached hydrogens (tertiary/aromatic N) is 4. The zero-order chi connectivity index (χ0) is 20.3. The van der Waals surface area contributed by atoms with Crippen LogP contribution >= 0.6 is 0 Å². The molecule has 25 heavy (non-hydrogen) atoms. The molecule has 4 N–H and O–H groups in total. The highest BCUT2D eigenvalue weighted by Gasteiger charge is 2.69. The Morgan fingerprint density at radius 2 is 0.920 bits per heavy atom. The van der Waals surface area contributed by atoms with E-state index in [4.69, 9.17) is 20.4 Å². The van der Waals surface area contributed by atoms with Crippen molar-refractivity contribution < 1.29 is 54.4 Å². The third-order valence-corrected chi connectivity index (χ3v) is 2.46. The first-order valence-electron chi connectivity index (χ1n) is 5.29. The highest BCUT2D eigenvalue weighted by molar-refractivity contribution is 5.90. The van der Waals surface area contributed by atoms with Gasteiger partial charge in [-0.15, -0.1) is 0 Å². The summed E-state index contributed by atoms with van der Waals surface area (Å²) in [7, 11) is 0. The van der Waals surface area contributed by atoms with Crippen molar-refractivity contribution in [3.8, 4) is 0 Å². The van der Waals surface area contributed by atoms with Crippen molar-refractivity contribution >= 4 is 11.9 Å². The second kappa shape index (κ2) is 7.00. The molecule has 140 valence electrons. The molecule has 0 aliphatic heterocycles. The van der Waals surface area contributed by atoms with Gasteiger partial charge in [-0.3, -0.25) is 50.7 Å². The molecule has 0 rings (SSSR count). The van der Waals surface area contributed by atoms with Gasteiger partial charge >= 0.3 is 35.8 Å². The van der Waals surface area contributed by atoms with Crippen LogP contribution in [0.2, 0.25) is 0 Å². The average molecular weight is 374 g/mol. The topological polar surface area (TPSA) is 297 Å². The number of esters is 2. The Kier molecular flexibility index (Phi) is 6.04. The first kappa shape index (κ1) is 21.6. The van der Waals surface area contributed by atoms with E-state index in [-0.39, 0.29) is 0 Å². The van der Waals surface area contributed by atoms with E-state index in [1.54, 1.807) is 0 Å². The summed E-state index contributed by atoms with van der Waals surface area (Å²) in [6.07, 6.45) is -7.40. The van der Waals surface area contributed by atoms with Crippen LogP contribution in [-0.4, -0.2) is 76.0 Å². The number of hydrogen-bond acceptors (Lipinski definition) is 15. The number of carbonyl (C=O) groups excluding carboxylic acids is 2. The van der Waals surface area contributed by atoms with Crippen molar-refractivity contribution in [2.75, 3.05) is 0 Å². The SMILES string of the molecule is O=C(OC(=O)C(O)C(O)([N+](=O)[O-])[N+](=O)[O-])C(O)C(O)([N+](=O)[O-])[N+](=O)[O-]. The first-order valence-corrected chi connectivity index (χ1v) is 5.29. The highest BCUT2D eigenvalue weighted by atomic mass is 16.7. The van der Waals surface area contributed by atoms with E-state index in [0.717, 1.165) is 0 Å². The molecule has 0 amide bonds. The van der Waals surface area contributed by atoms with Gasteiger partial charge in [0.1, 0.15) is 19.7 Å². The van der Waals surface area contributed by atoms with Crippen molar-refractivity contribution in [1.29, 1.82) is 0 Å². The summed E-state index contributed by atoms with van der Waals surface area (Å²) >= 11 is 0. The molecule has 2 atom stereocenters. The molecule has 0 saturated carbocycles. The summed E-state index contributed by atoms with van der Waals surface area (Å²) in [6.45, 7) is 0. The molecule has 2 unspecified atom stereocenters. The van der Waals surface area contributed by atoms with Gasteiger partial charge in [0.2, 0.25) is 0 Å². The molecule has 0 spiro atoms. The second-order valence-corrected chi connectivity index (χ2v) is 3.95. The van der Waals surface area contributed by atoms with Crippen molar-refractivity contribution in [2.45, 2.75) is 23.9 Å². The Hall–Kier alpha value is -3.42. The van der Waals surface area contributed by atoms with Crippen LogP contribution in [0.25, 0.3) is 0 Å². The lowest BCUT2D eigenvalue weighted by atomic mass is 10.2. The van der Waals surface area contributed by atoms with Crippen LogP contribution < -0.4 is 0 Å². The number of aliphatic hydroxyl groups is 4. The fourth-order valence-corrected chi connectivity index (χ4v) is 1.06. The number of carbonyl (C=O) groups is 2. The van der Waals surface area contributed by atoms with Gasteiger partial charge in [-0.25, -0.2) is 9.59 Å². The van der Waals surface area contributed by atoms with Crippen LogP contribution in [0, 0.1) is 40.5 Å². The molecular weight excluding hydrogens is 368 g/mol.